The van der Waals surface area contributed by atoms with E-state index in [0.717, 1.165) is 28.3 Å². The number of hydrogen-bond donors (Lipinski definition) is 2. The Hall–Kier alpha value is -3.20. The van der Waals surface area contributed by atoms with Gasteiger partial charge in [-0.15, -0.1) is 0 Å². The lowest BCUT2D eigenvalue weighted by molar-refractivity contribution is -0.127. The van der Waals surface area contributed by atoms with Crippen molar-refractivity contribution in [3.8, 4) is 5.13 Å². The van der Waals surface area contributed by atoms with Crippen LogP contribution < -0.4 is 10.6 Å². The number of nitrogens with one attached hydrogen (secondary N) is 2. The van der Waals surface area contributed by atoms with Gasteiger partial charge in [0.1, 0.15) is 0 Å². The summed E-state index contributed by atoms with van der Waals surface area (Å²) in [4.78, 5) is 42.3. The summed E-state index contributed by atoms with van der Waals surface area (Å²) in [5, 5.41) is 6.26. The molecule has 0 aliphatic carbocycles. The minimum atomic E-state index is -0.300. The van der Waals surface area contributed by atoms with Crippen molar-refractivity contribution >= 4 is 39.3 Å². The maximum atomic E-state index is 12.4. The van der Waals surface area contributed by atoms with Crippen LogP contribution in [0.2, 0.25) is 0 Å². The van der Waals surface area contributed by atoms with Crippen LogP contribution in [-0.4, -0.2) is 58.4 Å². The number of likely N-dealkylation sites (tertiary alicyclic amines) is 1. The van der Waals surface area contributed by atoms with E-state index in [1.165, 1.54) is 11.3 Å². The molecule has 0 saturated carbocycles. The number of thiazole rings is 1. The highest BCUT2D eigenvalue weighted by Gasteiger charge is 2.19. The highest BCUT2D eigenvalue weighted by molar-refractivity contribution is 7.20. The van der Waals surface area contributed by atoms with Crippen LogP contribution in [0.15, 0.2) is 42.7 Å². The second-order valence-electron chi connectivity index (χ2n) is 7.14. The molecular weight excluding hydrogens is 402 g/mol. The molecule has 0 radical (unpaired) electrons. The van der Waals surface area contributed by atoms with Gasteiger partial charge < -0.3 is 20.1 Å². The van der Waals surface area contributed by atoms with Crippen LogP contribution in [0.4, 0.5) is 0 Å². The normalized spacial score (nSPS) is 13.7. The third-order valence-electron chi connectivity index (χ3n) is 4.97. The van der Waals surface area contributed by atoms with Crippen LogP contribution in [0.1, 0.15) is 29.6 Å². The Kier molecular flexibility index (Phi) is 6.08. The molecule has 8 nitrogen and oxygen atoms in total. The van der Waals surface area contributed by atoms with Crippen molar-refractivity contribution in [1.29, 1.82) is 0 Å². The highest BCUT2D eigenvalue weighted by atomic mass is 32.1. The van der Waals surface area contributed by atoms with Crippen molar-refractivity contribution in [3.05, 3.63) is 48.3 Å². The van der Waals surface area contributed by atoms with Gasteiger partial charge in [0.2, 0.25) is 11.8 Å². The molecule has 2 N–H and O–H groups in total. The summed E-state index contributed by atoms with van der Waals surface area (Å²) in [6.45, 7) is 1.86. The predicted molar refractivity (Wildman–Crippen MR) is 115 cm³/mol. The van der Waals surface area contributed by atoms with Crippen molar-refractivity contribution in [3.63, 3.8) is 0 Å². The molecule has 1 fully saturated rings. The van der Waals surface area contributed by atoms with Gasteiger partial charge in [-0.1, -0.05) is 11.3 Å². The third-order valence-corrected chi connectivity index (χ3v) is 6.00. The lowest BCUT2D eigenvalue weighted by atomic mass is 10.2. The van der Waals surface area contributed by atoms with E-state index < -0.39 is 0 Å². The summed E-state index contributed by atoms with van der Waals surface area (Å²) in [6.07, 6.45) is 6.09. The van der Waals surface area contributed by atoms with Gasteiger partial charge in [-0.2, -0.15) is 0 Å². The van der Waals surface area contributed by atoms with Gasteiger partial charge in [-0.25, -0.2) is 4.98 Å². The standard InChI is InChI=1S/C21H23N5O3S/c27-18(22-8-4-12-25-11-3-5-19(25)28)14-23-20(29)15-6-7-16-17(13-15)30-21(24-16)26-9-1-2-10-26/h1-2,6-7,9-10,13H,3-5,8,11-12,14H2,(H,22,27)(H,23,29). The fourth-order valence-corrected chi connectivity index (χ4v) is 4.36. The summed E-state index contributed by atoms with van der Waals surface area (Å²) in [5.74, 6) is -0.359. The smallest absolute Gasteiger partial charge is 0.251 e. The van der Waals surface area contributed by atoms with Gasteiger partial charge in [-0.05, 0) is 43.2 Å². The van der Waals surface area contributed by atoms with Gasteiger partial charge in [0.05, 0.1) is 16.8 Å². The molecule has 1 aromatic carbocycles. The van der Waals surface area contributed by atoms with Crippen LogP contribution in [0.3, 0.4) is 0 Å². The molecule has 0 unspecified atom stereocenters. The average Bonchev–Trinajstić information content (AvgIpc) is 3.49. The Morgan fingerprint density at radius 2 is 2.00 bits per heavy atom. The van der Waals surface area contributed by atoms with Gasteiger partial charge in [0.15, 0.2) is 5.13 Å². The molecule has 9 heteroatoms. The molecule has 0 bridgehead atoms. The molecular formula is C21H23N5O3S. The van der Waals surface area contributed by atoms with E-state index in [0.29, 0.717) is 31.5 Å². The summed E-state index contributed by atoms with van der Waals surface area (Å²) in [5.41, 5.74) is 1.32. The van der Waals surface area contributed by atoms with Gasteiger partial charge in [0.25, 0.3) is 5.91 Å². The molecule has 4 rings (SSSR count). The SMILES string of the molecule is O=C(CNC(=O)c1ccc2nc(-n3cccc3)sc2c1)NCCCN1CCCC1=O. The van der Waals surface area contributed by atoms with E-state index in [1.54, 1.807) is 12.1 Å². The zero-order chi connectivity index (χ0) is 20.9. The molecule has 1 saturated heterocycles. The van der Waals surface area contributed by atoms with E-state index >= 15 is 0 Å². The molecule has 2 aromatic heterocycles. The first-order valence-corrected chi connectivity index (χ1v) is 10.8. The Morgan fingerprint density at radius 1 is 1.17 bits per heavy atom. The first kappa shape index (κ1) is 20.1. The average molecular weight is 426 g/mol. The number of fused-ring (bicyclic) bond motifs is 1. The number of nitrogens with zero attached hydrogens (tertiary/aromatic N) is 3. The Balaban J connectivity index is 1.24. The fourth-order valence-electron chi connectivity index (χ4n) is 3.39. The third kappa shape index (κ3) is 4.68. The monoisotopic (exact) mass is 425 g/mol. The summed E-state index contributed by atoms with van der Waals surface area (Å²) in [6, 6.07) is 9.18. The molecule has 30 heavy (non-hydrogen) atoms. The molecule has 3 aromatic rings. The molecule has 3 heterocycles. The number of hydrogen-bond acceptors (Lipinski definition) is 5. The zero-order valence-corrected chi connectivity index (χ0v) is 17.3. The minimum Gasteiger partial charge on any atom is -0.355 e. The van der Waals surface area contributed by atoms with Crippen LogP contribution in [-0.2, 0) is 9.59 Å². The fraction of sp³-hybridized carbons (Fsp3) is 0.333. The maximum Gasteiger partial charge on any atom is 0.251 e. The van der Waals surface area contributed by atoms with E-state index in [-0.39, 0.29) is 24.3 Å². The van der Waals surface area contributed by atoms with Gasteiger partial charge in [0, 0.05) is 44.0 Å². The van der Waals surface area contributed by atoms with Crippen LogP contribution in [0, 0.1) is 0 Å². The number of carbonyl (C=O) groups is 3. The largest absolute Gasteiger partial charge is 0.355 e. The summed E-state index contributed by atoms with van der Waals surface area (Å²) < 4.78 is 2.83. The van der Waals surface area contributed by atoms with Crippen LogP contribution in [0.25, 0.3) is 15.3 Å². The summed E-state index contributed by atoms with van der Waals surface area (Å²) in [7, 11) is 0. The lowest BCUT2D eigenvalue weighted by Crippen LogP contribution is -2.38. The van der Waals surface area contributed by atoms with Gasteiger partial charge in [-0.3, -0.25) is 14.4 Å². The maximum absolute atomic E-state index is 12.4. The first-order valence-electron chi connectivity index (χ1n) is 9.97. The first-order chi connectivity index (χ1) is 14.6. The van der Waals surface area contributed by atoms with E-state index in [9.17, 15) is 14.4 Å². The van der Waals surface area contributed by atoms with Crippen molar-refractivity contribution in [2.24, 2.45) is 0 Å². The number of benzene rings is 1. The van der Waals surface area contributed by atoms with Crippen molar-refractivity contribution in [2.45, 2.75) is 19.3 Å². The van der Waals surface area contributed by atoms with Crippen molar-refractivity contribution < 1.29 is 14.4 Å². The quantitative estimate of drug-likeness (QED) is 0.539. The predicted octanol–water partition coefficient (Wildman–Crippen LogP) is 1.95. The zero-order valence-electron chi connectivity index (χ0n) is 16.5. The topological polar surface area (TPSA) is 96.3 Å². The van der Waals surface area contributed by atoms with E-state index in [4.69, 9.17) is 0 Å². The number of carbonyl (C=O) groups excluding carboxylic acids is 3. The van der Waals surface area contributed by atoms with E-state index in [2.05, 4.69) is 15.6 Å². The molecule has 0 spiro atoms. The lowest BCUT2D eigenvalue weighted by Gasteiger charge is -2.15. The van der Waals surface area contributed by atoms with Gasteiger partial charge >= 0.3 is 0 Å². The second-order valence-corrected chi connectivity index (χ2v) is 8.15. The molecule has 0 atom stereocenters. The Labute approximate surface area is 177 Å². The van der Waals surface area contributed by atoms with Crippen LogP contribution in [0.5, 0.6) is 0 Å². The molecule has 156 valence electrons. The van der Waals surface area contributed by atoms with Crippen LogP contribution >= 0.6 is 11.3 Å². The Bertz CT molecular complexity index is 1060. The molecule has 1 aliphatic rings. The van der Waals surface area contributed by atoms with Crippen molar-refractivity contribution in [2.75, 3.05) is 26.2 Å². The number of aromatic nitrogens is 2. The Morgan fingerprint density at radius 3 is 2.77 bits per heavy atom. The minimum absolute atomic E-state index is 0.0865. The summed E-state index contributed by atoms with van der Waals surface area (Å²) >= 11 is 1.50. The number of rotatable bonds is 8. The van der Waals surface area contributed by atoms with E-state index in [1.807, 2.05) is 40.1 Å². The van der Waals surface area contributed by atoms with Crippen molar-refractivity contribution in [1.82, 2.24) is 25.1 Å². The second kappa shape index (κ2) is 9.08. The highest BCUT2D eigenvalue weighted by Crippen LogP contribution is 2.26. The molecule has 3 amide bonds. The molecule has 1 aliphatic heterocycles. The number of amides is 3.